The molecule has 0 spiro atoms. The van der Waals surface area contributed by atoms with Crippen LogP contribution >= 0.6 is 23.4 Å². The van der Waals surface area contributed by atoms with Gasteiger partial charge in [-0.15, -0.1) is 0 Å². The van der Waals surface area contributed by atoms with Crippen LogP contribution in [0.1, 0.15) is 16.8 Å². The molecule has 1 aliphatic rings. The highest BCUT2D eigenvalue weighted by Gasteiger charge is 2.22. The zero-order valence-corrected chi connectivity index (χ0v) is 13.1. The van der Waals surface area contributed by atoms with Crippen LogP contribution in [0.15, 0.2) is 12.1 Å². The van der Waals surface area contributed by atoms with Gasteiger partial charge in [-0.1, -0.05) is 11.6 Å². The third kappa shape index (κ3) is 3.79. The standard InChI is InChI=1S/C13H16ClN3O3S/c1-15-12-10(14)4-9(5-11(12)17(19)20)13(18)16-6-8-2-3-21-7-8/h4-5,8,15H,2-3,6-7H2,1H3,(H,16,18). The molecule has 1 heterocycles. The van der Waals surface area contributed by atoms with Crippen LogP contribution in [0, 0.1) is 16.0 Å². The number of thioether (sulfide) groups is 1. The topological polar surface area (TPSA) is 84.3 Å². The highest BCUT2D eigenvalue weighted by molar-refractivity contribution is 7.99. The number of benzene rings is 1. The summed E-state index contributed by atoms with van der Waals surface area (Å²) >= 11 is 7.87. The van der Waals surface area contributed by atoms with Crippen molar-refractivity contribution in [3.8, 4) is 0 Å². The van der Waals surface area contributed by atoms with Crippen molar-refractivity contribution in [2.75, 3.05) is 30.4 Å². The van der Waals surface area contributed by atoms with Gasteiger partial charge in [-0.2, -0.15) is 11.8 Å². The second-order valence-corrected chi connectivity index (χ2v) is 6.36. The van der Waals surface area contributed by atoms with E-state index in [9.17, 15) is 14.9 Å². The minimum absolute atomic E-state index is 0.160. The van der Waals surface area contributed by atoms with Crippen LogP contribution in [0.25, 0.3) is 0 Å². The lowest BCUT2D eigenvalue weighted by Crippen LogP contribution is -2.29. The number of amides is 1. The van der Waals surface area contributed by atoms with Crippen molar-refractivity contribution in [1.82, 2.24) is 5.32 Å². The molecule has 6 nitrogen and oxygen atoms in total. The van der Waals surface area contributed by atoms with Gasteiger partial charge >= 0.3 is 0 Å². The number of carbonyl (C=O) groups is 1. The summed E-state index contributed by atoms with van der Waals surface area (Å²) in [5, 5.41) is 16.7. The molecule has 0 bridgehead atoms. The van der Waals surface area contributed by atoms with Crippen molar-refractivity contribution < 1.29 is 9.72 Å². The molecule has 1 aromatic carbocycles. The van der Waals surface area contributed by atoms with Crippen LogP contribution in [-0.4, -0.2) is 35.9 Å². The van der Waals surface area contributed by atoms with Gasteiger partial charge in [-0.25, -0.2) is 0 Å². The van der Waals surface area contributed by atoms with Gasteiger partial charge in [0.15, 0.2) is 0 Å². The van der Waals surface area contributed by atoms with Gasteiger partial charge in [0.1, 0.15) is 5.69 Å². The first kappa shape index (κ1) is 15.9. The van der Waals surface area contributed by atoms with Gasteiger partial charge in [-0.05, 0) is 29.9 Å². The number of nitro benzene ring substituents is 1. The average Bonchev–Trinajstić information content (AvgIpc) is 2.96. The fourth-order valence-corrected chi connectivity index (χ4v) is 3.79. The van der Waals surface area contributed by atoms with Gasteiger partial charge in [-0.3, -0.25) is 14.9 Å². The Morgan fingerprint density at radius 3 is 2.90 bits per heavy atom. The summed E-state index contributed by atoms with van der Waals surface area (Å²) in [7, 11) is 1.55. The highest BCUT2D eigenvalue weighted by Crippen LogP contribution is 2.33. The Labute approximate surface area is 131 Å². The third-order valence-electron chi connectivity index (χ3n) is 3.35. The summed E-state index contributed by atoms with van der Waals surface area (Å²) in [6, 6.07) is 2.69. The minimum atomic E-state index is -0.553. The maximum atomic E-state index is 12.1. The molecule has 0 aliphatic carbocycles. The number of hydrogen-bond acceptors (Lipinski definition) is 5. The summed E-state index contributed by atoms with van der Waals surface area (Å²) in [4.78, 5) is 22.6. The van der Waals surface area contributed by atoms with E-state index >= 15 is 0 Å². The molecule has 8 heteroatoms. The predicted octanol–water partition coefficient (Wildman–Crippen LogP) is 2.77. The average molecular weight is 330 g/mol. The first-order chi connectivity index (χ1) is 10.0. The molecule has 1 amide bonds. The van der Waals surface area contributed by atoms with Crippen LogP contribution in [0.5, 0.6) is 0 Å². The first-order valence-electron chi connectivity index (χ1n) is 6.54. The Morgan fingerprint density at radius 2 is 2.33 bits per heavy atom. The van der Waals surface area contributed by atoms with E-state index in [1.165, 1.54) is 12.1 Å². The van der Waals surface area contributed by atoms with E-state index in [1.54, 1.807) is 7.05 Å². The van der Waals surface area contributed by atoms with Gasteiger partial charge in [0.05, 0.1) is 9.95 Å². The summed E-state index contributed by atoms with van der Waals surface area (Å²) in [6.07, 6.45) is 1.09. The van der Waals surface area contributed by atoms with Crippen molar-refractivity contribution in [3.63, 3.8) is 0 Å². The lowest BCUT2D eigenvalue weighted by molar-refractivity contribution is -0.383. The lowest BCUT2D eigenvalue weighted by atomic mass is 10.1. The zero-order valence-electron chi connectivity index (χ0n) is 11.5. The number of rotatable bonds is 5. The zero-order chi connectivity index (χ0) is 15.4. The smallest absolute Gasteiger partial charge is 0.294 e. The van der Waals surface area contributed by atoms with Gasteiger partial charge in [0, 0.05) is 25.2 Å². The Morgan fingerprint density at radius 1 is 1.57 bits per heavy atom. The van der Waals surface area contributed by atoms with E-state index in [-0.39, 0.29) is 27.9 Å². The number of anilines is 1. The third-order valence-corrected chi connectivity index (χ3v) is 4.88. The molecule has 1 fully saturated rings. The number of carbonyl (C=O) groups excluding carboxylic acids is 1. The Hall–Kier alpha value is -1.47. The fourth-order valence-electron chi connectivity index (χ4n) is 2.20. The maximum absolute atomic E-state index is 12.1. The molecule has 1 saturated heterocycles. The Bertz CT molecular complexity index is 562. The fraction of sp³-hybridized carbons (Fsp3) is 0.462. The van der Waals surface area contributed by atoms with Gasteiger partial charge < -0.3 is 10.6 Å². The summed E-state index contributed by atoms with van der Waals surface area (Å²) < 4.78 is 0. The molecule has 1 unspecified atom stereocenters. The molecule has 1 aliphatic heterocycles. The summed E-state index contributed by atoms with van der Waals surface area (Å²) in [6.45, 7) is 0.588. The number of halogens is 1. The minimum Gasteiger partial charge on any atom is -0.381 e. The molecule has 0 aromatic heterocycles. The second kappa shape index (κ2) is 7.00. The van der Waals surface area contributed by atoms with Crippen molar-refractivity contribution in [1.29, 1.82) is 0 Å². The van der Waals surface area contributed by atoms with E-state index in [4.69, 9.17) is 11.6 Å². The molecular weight excluding hydrogens is 314 g/mol. The van der Waals surface area contributed by atoms with Crippen LogP contribution in [0.3, 0.4) is 0 Å². The van der Waals surface area contributed by atoms with E-state index in [0.29, 0.717) is 12.5 Å². The molecule has 0 radical (unpaired) electrons. The quantitative estimate of drug-likeness (QED) is 0.641. The highest BCUT2D eigenvalue weighted by atomic mass is 35.5. The second-order valence-electron chi connectivity index (χ2n) is 4.80. The van der Waals surface area contributed by atoms with E-state index < -0.39 is 4.92 Å². The van der Waals surface area contributed by atoms with Crippen LogP contribution < -0.4 is 10.6 Å². The normalized spacial score (nSPS) is 17.5. The Kier molecular flexibility index (Phi) is 5.30. The van der Waals surface area contributed by atoms with Crippen LogP contribution in [0.4, 0.5) is 11.4 Å². The van der Waals surface area contributed by atoms with Crippen LogP contribution in [-0.2, 0) is 0 Å². The first-order valence-corrected chi connectivity index (χ1v) is 8.07. The van der Waals surface area contributed by atoms with E-state index in [1.807, 2.05) is 11.8 Å². The van der Waals surface area contributed by atoms with Crippen LogP contribution in [0.2, 0.25) is 5.02 Å². The number of nitro groups is 1. The molecule has 1 aromatic rings. The molecular formula is C13H16ClN3O3S. The predicted molar refractivity (Wildman–Crippen MR) is 85.4 cm³/mol. The molecule has 1 atom stereocenters. The largest absolute Gasteiger partial charge is 0.381 e. The van der Waals surface area contributed by atoms with Crippen molar-refractivity contribution in [3.05, 3.63) is 32.8 Å². The van der Waals surface area contributed by atoms with E-state index in [2.05, 4.69) is 10.6 Å². The number of nitrogens with one attached hydrogen (secondary N) is 2. The maximum Gasteiger partial charge on any atom is 0.294 e. The molecule has 2 N–H and O–H groups in total. The molecule has 114 valence electrons. The van der Waals surface area contributed by atoms with Gasteiger partial charge in [0.2, 0.25) is 0 Å². The molecule has 0 saturated carbocycles. The van der Waals surface area contributed by atoms with Gasteiger partial charge in [0.25, 0.3) is 11.6 Å². The number of hydrogen-bond donors (Lipinski definition) is 2. The lowest BCUT2D eigenvalue weighted by Gasteiger charge is -2.11. The van der Waals surface area contributed by atoms with Crippen molar-refractivity contribution in [2.45, 2.75) is 6.42 Å². The van der Waals surface area contributed by atoms with Crippen molar-refractivity contribution in [2.24, 2.45) is 5.92 Å². The molecule has 2 rings (SSSR count). The Balaban J connectivity index is 2.14. The van der Waals surface area contributed by atoms with Crippen molar-refractivity contribution >= 4 is 40.6 Å². The van der Waals surface area contributed by atoms with E-state index in [0.717, 1.165) is 17.9 Å². The summed E-state index contributed by atoms with van der Waals surface area (Å²) in [5.41, 5.74) is 0.216. The SMILES string of the molecule is CNc1c(Cl)cc(C(=O)NCC2CCSC2)cc1[N+](=O)[O-]. The summed E-state index contributed by atoms with van der Waals surface area (Å²) in [5.74, 6) is 2.30. The molecule has 21 heavy (non-hydrogen) atoms. The number of nitrogens with zero attached hydrogens (tertiary/aromatic N) is 1. The monoisotopic (exact) mass is 329 g/mol.